The van der Waals surface area contributed by atoms with Crippen LogP contribution in [0.2, 0.25) is 0 Å². The van der Waals surface area contributed by atoms with Gasteiger partial charge in [-0.15, -0.1) is 12.4 Å². The topological polar surface area (TPSA) is 85.2 Å². The van der Waals surface area contributed by atoms with E-state index in [9.17, 15) is 4.79 Å². The van der Waals surface area contributed by atoms with Crippen molar-refractivity contribution in [3.8, 4) is 0 Å². The highest BCUT2D eigenvalue weighted by Gasteiger charge is 2.28. The Hall–Kier alpha value is -1.14. The Morgan fingerprint density at radius 2 is 2.16 bits per heavy atom. The molecule has 2 heterocycles. The third kappa shape index (κ3) is 3.67. The molecule has 1 aromatic rings. The van der Waals surface area contributed by atoms with Crippen LogP contribution in [0.4, 0.5) is 0 Å². The van der Waals surface area contributed by atoms with Gasteiger partial charge >= 0.3 is 0 Å². The maximum Gasteiger partial charge on any atom is 0.229 e. The highest BCUT2D eigenvalue weighted by molar-refractivity contribution is 5.85. The SMILES string of the molecule is Cc1noc(C2CCN(C(=O)C(C)CN)CC2)n1.Cl. The number of likely N-dealkylation sites (tertiary alicyclic amines) is 1. The summed E-state index contributed by atoms with van der Waals surface area (Å²) in [6.07, 6.45) is 1.76. The molecule has 0 bridgehead atoms. The zero-order valence-corrected chi connectivity index (χ0v) is 12.2. The third-order valence-corrected chi connectivity index (χ3v) is 3.47. The van der Waals surface area contributed by atoms with E-state index in [1.165, 1.54) is 0 Å². The molecule has 1 aliphatic rings. The number of amides is 1. The maximum absolute atomic E-state index is 12.0. The molecule has 1 fully saturated rings. The Bertz CT molecular complexity index is 416. The summed E-state index contributed by atoms with van der Waals surface area (Å²) >= 11 is 0. The molecular weight excluding hydrogens is 268 g/mol. The van der Waals surface area contributed by atoms with Crippen LogP contribution >= 0.6 is 12.4 Å². The molecule has 1 unspecified atom stereocenters. The Kier molecular flexibility index (Phi) is 5.75. The average Bonchev–Trinajstić information content (AvgIpc) is 2.84. The van der Waals surface area contributed by atoms with Gasteiger partial charge < -0.3 is 15.2 Å². The number of rotatable bonds is 3. The first-order chi connectivity index (χ1) is 8.61. The van der Waals surface area contributed by atoms with E-state index in [1.54, 1.807) is 0 Å². The lowest BCUT2D eigenvalue weighted by Gasteiger charge is -2.32. The molecule has 2 N–H and O–H groups in total. The molecule has 19 heavy (non-hydrogen) atoms. The number of hydrogen-bond acceptors (Lipinski definition) is 5. The lowest BCUT2D eigenvalue weighted by Crippen LogP contribution is -2.42. The number of piperidine rings is 1. The molecule has 7 heteroatoms. The highest BCUT2D eigenvalue weighted by Crippen LogP contribution is 2.27. The number of hydrogen-bond donors (Lipinski definition) is 1. The quantitative estimate of drug-likeness (QED) is 0.900. The van der Waals surface area contributed by atoms with Crippen molar-refractivity contribution in [2.75, 3.05) is 19.6 Å². The predicted octanol–water partition coefficient (Wildman–Crippen LogP) is 1.10. The summed E-state index contributed by atoms with van der Waals surface area (Å²) in [6.45, 7) is 5.58. The zero-order valence-electron chi connectivity index (χ0n) is 11.3. The van der Waals surface area contributed by atoms with E-state index in [2.05, 4.69) is 10.1 Å². The third-order valence-electron chi connectivity index (χ3n) is 3.47. The van der Waals surface area contributed by atoms with Gasteiger partial charge in [0.05, 0.1) is 0 Å². The number of aromatic nitrogens is 2. The number of nitrogens with two attached hydrogens (primary N) is 1. The molecule has 2 rings (SSSR count). The minimum atomic E-state index is -0.0906. The van der Waals surface area contributed by atoms with Crippen molar-refractivity contribution in [1.82, 2.24) is 15.0 Å². The van der Waals surface area contributed by atoms with Crippen LogP contribution in [0, 0.1) is 12.8 Å². The van der Waals surface area contributed by atoms with Gasteiger partial charge in [0, 0.05) is 31.5 Å². The molecule has 1 atom stereocenters. The lowest BCUT2D eigenvalue weighted by molar-refractivity contribution is -0.135. The van der Waals surface area contributed by atoms with Gasteiger partial charge in [-0.1, -0.05) is 12.1 Å². The summed E-state index contributed by atoms with van der Waals surface area (Å²) in [5, 5.41) is 3.80. The first-order valence-electron chi connectivity index (χ1n) is 6.41. The molecule has 0 radical (unpaired) electrons. The second kappa shape index (κ2) is 6.86. The largest absolute Gasteiger partial charge is 0.342 e. The maximum atomic E-state index is 12.0. The molecule has 0 aromatic carbocycles. The van der Waals surface area contributed by atoms with Crippen molar-refractivity contribution in [3.05, 3.63) is 11.7 Å². The fraction of sp³-hybridized carbons (Fsp3) is 0.750. The van der Waals surface area contributed by atoms with Gasteiger partial charge in [-0.3, -0.25) is 4.79 Å². The number of nitrogens with zero attached hydrogens (tertiary/aromatic N) is 3. The van der Waals surface area contributed by atoms with Crippen molar-refractivity contribution >= 4 is 18.3 Å². The predicted molar refractivity (Wildman–Crippen MR) is 73.1 cm³/mol. The number of carbonyl (C=O) groups excluding carboxylic acids is 1. The molecule has 0 aliphatic carbocycles. The summed E-state index contributed by atoms with van der Waals surface area (Å²) in [7, 11) is 0. The number of aryl methyl sites for hydroxylation is 1. The fourth-order valence-corrected chi connectivity index (χ4v) is 2.24. The van der Waals surface area contributed by atoms with Gasteiger partial charge in [-0.25, -0.2) is 0 Å². The van der Waals surface area contributed by atoms with Crippen LogP contribution in [0.3, 0.4) is 0 Å². The van der Waals surface area contributed by atoms with E-state index in [1.807, 2.05) is 18.7 Å². The fourth-order valence-electron chi connectivity index (χ4n) is 2.24. The van der Waals surface area contributed by atoms with Crippen LogP contribution in [0.15, 0.2) is 4.52 Å². The molecule has 1 aromatic heterocycles. The second-order valence-electron chi connectivity index (χ2n) is 4.92. The van der Waals surface area contributed by atoms with Gasteiger partial charge in [-0.05, 0) is 19.8 Å². The second-order valence-corrected chi connectivity index (χ2v) is 4.92. The van der Waals surface area contributed by atoms with Crippen LogP contribution in [0.1, 0.15) is 37.4 Å². The van der Waals surface area contributed by atoms with E-state index in [0.717, 1.165) is 25.9 Å². The van der Waals surface area contributed by atoms with Crippen molar-refractivity contribution < 1.29 is 9.32 Å². The van der Waals surface area contributed by atoms with Crippen molar-refractivity contribution in [1.29, 1.82) is 0 Å². The van der Waals surface area contributed by atoms with Crippen LogP contribution in [0.25, 0.3) is 0 Å². The van der Waals surface area contributed by atoms with Crippen LogP contribution in [-0.4, -0.2) is 40.6 Å². The standard InChI is InChI=1S/C12H20N4O2.ClH/c1-8(7-13)12(17)16-5-3-10(4-6-16)11-14-9(2)15-18-11;/h8,10H,3-7,13H2,1-2H3;1H. The van der Waals surface area contributed by atoms with E-state index in [0.29, 0.717) is 18.3 Å². The van der Waals surface area contributed by atoms with Gasteiger partial charge in [0.15, 0.2) is 5.82 Å². The summed E-state index contributed by atoms with van der Waals surface area (Å²) in [4.78, 5) is 18.1. The molecule has 6 nitrogen and oxygen atoms in total. The monoisotopic (exact) mass is 288 g/mol. The smallest absolute Gasteiger partial charge is 0.229 e. The van der Waals surface area contributed by atoms with Crippen molar-refractivity contribution in [2.24, 2.45) is 11.7 Å². The van der Waals surface area contributed by atoms with Crippen molar-refractivity contribution in [3.63, 3.8) is 0 Å². The molecular formula is C12H21ClN4O2. The van der Waals surface area contributed by atoms with Gasteiger partial charge in [0.25, 0.3) is 0 Å². The number of halogens is 1. The molecule has 1 saturated heterocycles. The Morgan fingerprint density at radius 1 is 1.53 bits per heavy atom. The minimum absolute atomic E-state index is 0. The van der Waals surface area contributed by atoms with Gasteiger partial charge in [0.1, 0.15) is 0 Å². The van der Waals surface area contributed by atoms with Gasteiger partial charge in [0.2, 0.25) is 11.8 Å². The Balaban J connectivity index is 0.00000180. The van der Waals surface area contributed by atoms with E-state index in [4.69, 9.17) is 10.3 Å². The van der Waals surface area contributed by atoms with E-state index < -0.39 is 0 Å². The van der Waals surface area contributed by atoms with Crippen LogP contribution in [-0.2, 0) is 4.79 Å². The van der Waals surface area contributed by atoms with Crippen LogP contribution < -0.4 is 5.73 Å². The highest BCUT2D eigenvalue weighted by atomic mass is 35.5. The molecule has 1 aliphatic heterocycles. The molecule has 108 valence electrons. The normalized spacial score (nSPS) is 17.9. The Labute approximate surface area is 119 Å². The molecule has 0 saturated carbocycles. The summed E-state index contributed by atoms with van der Waals surface area (Å²) in [6, 6.07) is 0. The first kappa shape index (κ1) is 15.9. The zero-order chi connectivity index (χ0) is 13.1. The molecule has 1 amide bonds. The van der Waals surface area contributed by atoms with Gasteiger partial charge in [-0.2, -0.15) is 4.98 Å². The first-order valence-corrected chi connectivity index (χ1v) is 6.41. The van der Waals surface area contributed by atoms with E-state index in [-0.39, 0.29) is 30.2 Å². The Morgan fingerprint density at radius 3 is 2.63 bits per heavy atom. The minimum Gasteiger partial charge on any atom is -0.342 e. The summed E-state index contributed by atoms with van der Waals surface area (Å²) in [5.74, 6) is 1.71. The number of carbonyl (C=O) groups is 1. The average molecular weight is 289 g/mol. The summed E-state index contributed by atoms with van der Waals surface area (Å²) in [5.41, 5.74) is 5.52. The lowest BCUT2D eigenvalue weighted by atomic mass is 9.96. The summed E-state index contributed by atoms with van der Waals surface area (Å²) < 4.78 is 5.18. The van der Waals surface area contributed by atoms with E-state index >= 15 is 0 Å². The van der Waals surface area contributed by atoms with Crippen molar-refractivity contribution in [2.45, 2.75) is 32.6 Å². The van der Waals surface area contributed by atoms with Crippen LogP contribution in [0.5, 0.6) is 0 Å². The molecule has 0 spiro atoms.